The van der Waals surface area contributed by atoms with E-state index in [-0.39, 0.29) is 10.7 Å². The molecular weight excluding hydrogens is 244 g/mol. The van der Waals surface area contributed by atoms with E-state index < -0.39 is 0 Å². The monoisotopic (exact) mass is 266 g/mol. The molecule has 0 aromatic carbocycles. The van der Waals surface area contributed by atoms with Crippen molar-refractivity contribution < 1.29 is 4.79 Å². The highest BCUT2D eigenvalue weighted by molar-refractivity contribution is 8.16. The Kier molecular flexibility index (Phi) is 2.96. The van der Waals surface area contributed by atoms with E-state index in [9.17, 15) is 4.79 Å². The molecule has 0 radical (unpaired) electrons. The highest BCUT2D eigenvalue weighted by Gasteiger charge is 2.46. The summed E-state index contributed by atoms with van der Waals surface area (Å²) in [4.78, 5) is 16.9. The molecule has 18 heavy (non-hydrogen) atoms. The largest absolute Gasteiger partial charge is 0.304 e. The second-order valence-electron chi connectivity index (χ2n) is 6.49. The Labute approximate surface area is 113 Å². The molecule has 1 unspecified atom stereocenters. The molecule has 2 aliphatic carbocycles. The Morgan fingerprint density at radius 2 is 2.17 bits per heavy atom. The zero-order valence-corrected chi connectivity index (χ0v) is 12.2. The Bertz CT molecular complexity index is 407. The number of carbonyl (C=O) groups is 1. The van der Waals surface area contributed by atoms with Crippen LogP contribution >= 0.6 is 11.8 Å². The van der Waals surface area contributed by atoms with Gasteiger partial charge in [-0.3, -0.25) is 9.79 Å². The molecule has 3 aliphatic rings. The smallest absolute Gasteiger partial charge is 0.242 e. The van der Waals surface area contributed by atoms with Gasteiger partial charge in [-0.2, -0.15) is 0 Å². The molecule has 2 bridgehead atoms. The Morgan fingerprint density at radius 1 is 1.39 bits per heavy atom. The maximum absolute atomic E-state index is 12.1. The predicted molar refractivity (Wildman–Crippen MR) is 75.6 cm³/mol. The Balaban J connectivity index is 1.74. The highest BCUT2D eigenvalue weighted by Crippen LogP contribution is 2.47. The van der Waals surface area contributed by atoms with E-state index in [1.807, 2.05) is 6.92 Å². The summed E-state index contributed by atoms with van der Waals surface area (Å²) in [6, 6.07) is 0.473. The molecule has 4 atom stereocenters. The molecule has 3 fully saturated rings. The van der Waals surface area contributed by atoms with Gasteiger partial charge in [-0.25, -0.2) is 0 Å². The summed E-state index contributed by atoms with van der Waals surface area (Å²) in [5, 5.41) is 3.86. The number of rotatable bonds is 2. The minimum Gasteiger partial charge on any atom is -0.304 e. The standard InChI is InChI=1S/C14H22N2OS/c1-8(2)14(3)12(17)16-13(18-14)15-11-7-9-4-5-10(11)6-9/h8-11H,4-7H2,1-3H3,(H,15,16,17)/t9-,10?,11+,14+/m1/s1. The van der Waals surface area contributed by atoms with Crippen molar-refractivity contribution in [2.75, 3.05) is 0 Å². The summed E-state index contributed by atoms with van der Waals surface area (Å²) in [6.07, 6.45) is 5.34. The lowest BCUT2D eigenvalue weighted by Crippen LogP contribution is -2.38. The number of thioether (sulfide) groups is 1. The zero-order chi connectivity index (χ0) is 12.9. The van der Waals surface area contributed by atoms with E-state index in [0.717, 1.165) is 17.0 Å². The van der Waals surface area contributed by atoms with Crippen LogP contribution in [0.25, 0.3) is 0 Å². The van der Waals surface area contributed by atoms with Gasteiger partial charge < -0.3 is 5.32 Å². The van der Waals surface area contributed by atoms with E-state index in [1.165, 1.54) is 25.7 Å². The normalized spacial score (nSPS) is 45.2. The zero-order valence-electron chi connectivity index (χ0n) is 11.4. The first-order valence-corrected chi connectivity index (χ1v) is 7.89. The molecule has 3 nitrogen and oxygen atoms in total. The van der Waals surface area contributed by atoms with Crippen LogP contribution in [-0.4, -0.2) is 21.9 Å². The Morgan fingerprint density at radius 3 is 2.67 bits per heavy atom. The highest BCUT2D eigenvalue weighted by atomic mass is 32.2. The molecule has 100 valence electrons. The van der Waals surface area contributed by atoms with E-state index in [4.69, 9.17) is 4.99 Å². The average Bonchev–Trinajstić information content (AvgIpc) is 2.95. The first-order chi connectivity index (χ1) is 8.49. The minimum absolute atomic E-state index is 0.129. The van der Waals surface area contributed by atoms with Crippen molar-refractivity contribution in [2.24, 2.45) is 22.7 Å². The number of hydrogen-bond donors (Lipinski definition) is 1. The van der Waals surface area contributed by atoms with Gasteiger partial charge in [0.2, 0.25) is 5.91 Å². The summed E-state index contributed by atoms with van der Waals surface area (Å²) in [5.41, 5.74) is 0. The number of aliphatic imine (C=N–C) groups is 1. The quantitative estimate of drug-likeness (QED) is 0.835. The predicted octanol–water partition coefficient (Wildman–Crippen LogP) is 2.81. The van der Waals surface area contributed by atoms with Crippen LogP contribution in [0.15, 0.2) is 4.99 Å². The molecule has 1 saturated heterocycles. The SMILES string of the molecule is CC(C)[C@]1(C)SC(=N[C@H]2C[C@@H]3CCC2C3)NC1=O. The van der Waals surface area contributed by atoms with Crippen molar-refractivity contribution in [2.45, 2.75) is 57.2 Å². The molecule has 1 heterocycles. The fraction of sp³-hybridized carbons (Fsp3) is 0.857. The van der Waals surface area contributed by atoms with Gasteiger partial charge in [-0.15, -0.1) is 0 Å². The number of carbonyl (C=O) groups excluding carboxylic acids is 1. The second kappa shape index (κ2) is 4.26. The summed E-state index contributed by atoms with van der Waals surface area (Å²) >= 11 is 1.63. The third kappa shape index (κ3) is 1.89. The van der Waals surface area contributed by atoms with Crippen molar-refractivity contribution >= 4 is 22.8 Å². The lowest BCUT2D eigenvalue weighted by molar-refractivity contribution is -0.122. The van der Waals surface area contributed by atoms with Gasteiger partial charge in [0.1, 0.15) is 4.75 Å². The molecule has 1 aliphatic heterocycles. The second-order valence-corrected chi connectivity index (χ2v) is 7.93. The average molecular weight is 266 g/mol. The van der Waals surface area contributed by atoms with E-state index in [2.05, 4.69) is 19.2 Å². The van der Waals surface area contributed by atoms with Gasteiger partial charge in [0.05, 0.1) is 6.04 Å². The number of amidine groups is 1. The van der Waals surface area contributed by atoms with Gasteiger partial charge in [-0.05, 0) is 43.9 Å². The van der Waals surface area contributed by atoms with Crippen LogP contribution in [0.2, 0.25) is 0 Å². The van der Waals surface area contributed by atoms with Crippen molar-refractivity contribution in [3.63, 3.8) is 0 Å². The van der Waals surface area contributed by atoms with E-state index in [0.29, 0.717) is 12.0 Å². The van der Waals surface area contributed by atoms with Crippen LogP contribution in [0.1, 0.15) is 46.5 Å². The molecule has 1 N–H and O–H groups in total. The van der Waals surface area contributed by atoms with Crippen molar-refractivity contribution in [1.82, 2.24) is 5.32 Å². The Hall–Kier alpha value is -0.510. The third-order valence-electron chi connectivity index (χ3n) is 5.07. The van der Waals surface area contributed by atoms with Crippen LogP contribution < -0.4 is 5.32 Å². The van der Waals surface area contributed by atoms with Gasteiger partial charge >= 0.3 is 0 Å². The van der Waals surface area contributed by atoms with E-state index in [1.54, 1.807) is 11.8 Å². The fourth-order valence-corrected chi connectivity index (χ4v) is 4.57. The fourth-order valence-electron chi connectivity index (χ4n) is 3.45. The van der Waals surface area contributed by atoms with Crippen molar-refractivity contribution in [3.05, 3.63) is 0 Å². The van der Waals surface area contributed by atoms with Gasteiger partial charge in [0.25, 0.3) is 0 Å². The maximum Gasteiger partial charge on any atom is 0.242 e. The third-order valence-corrected chi connectivity index (χ3v) is 6.55. The molecule has 4 heteroatoms. The number of amides is 1. The lowest BCUT2D eigenvalue weighted by Gasteiger charge is -2.23. The van der Waals surface area contributed by atoms with Gasteiger partial charge in [0, 0.05) is 0 Å². The van der Waals surface area contributed by atoms with Crippen LogP contribution in [0.3, 0.4) is 0 Å². The summed E-state index contributed by atoms with van der Waals surface area (Å²) in [5.74, 6) is 2.15. The summed E-state index contributed by atoms with van der Waals surface area (Å²) in [7, 11) is 0. The first kappa shape index (κ1) is 12.5. The van der Waals surface area contributed by atoms with Gasteiger partial charge in [-0.1, -0.05) is 32.0 Å². The molecule has 0 aromatic heterocycles. The maximum atomic E-state index is 12.1. The van der Waals surface area contributed by atoms with Crippen LogP contribution in [0.4, 0.5) is 0 Å². The first-order valence-electron chi connectivity index (χ1n) is 7.07. The summed E-state index contributed by atoms with van der Waals surface area (Å²) in [6.45, 7) is 6.24. The molecule has 1 amide bonds. The van der Waals surface area contributed by atoms with Crippen molar-refractivity contribution in [1.29, 1.82) is 0 Å². The minimum atomic E-state index is -0.337. The van der Waals surface area contributed by atoms with Gasteiger partial charge in [0.15, 0.2) is 5.17 Å². The molecule has 2 saturated carbocycles. The molecule has 0 aromatic rings. The lowest BCUT2D eigenvalue weighted by atomic mass is 9.96. The van der Waals surface area contributed by atoms with Crippen LogP contribution in [-0.2, 0) is 4.79 Å². The van der Waals surface area contributed by atoms with Crippen LogP contribution in [0.5, 0.6) is 0 Å². The number of nitrogens with zero attached hydrogens (tertiary/aromatic N) is 1. The number of fused-ring (bicyclic) bond motifs is 2. The van der Waals surface area contributed by atoms with E-state index >= 15 is 0 Å². The molecule has 3 rings (SSSR count). The number of hydrogen-bond acceptors (Lipinski definition) is 3. The molecule has 0 spiro atoms. The topological polar surface area (TPSA) is 41.5 Å². The summed E-state index contributed by atoms with van der Waals surface area (Å²) < 4.78 is -0.337. The van der Waals surface area contributed by atoms with Crippen molar-refractivity contribution in [3.8, 4) is 0 Å². The molecular formula is C14H22N2OS. The number of nitrogens with one attached hydrogen (secondary N) is 1. The van der Waals surface area contributed by atoms with Crippen LogP contribution in [0, 0.1) is 17.8 Å².